The molecule has 0 fully saturated rings. The molecule has 126 valence electrons. The molecule has 1 unspecified atom stereocenters. The van der Waals surface area contributed by atoms with Gasteiger partial charge in [-0.15, -0.1) is 0 Å². The number of nitrogens with one attached hydrogen (secondary N) is 2. The number of fused-ring (bicyclic) bond motifs is 2. The number of aliphatic hydroxyl groups excluding tert-OH is 1. The van der Waals surface area contributed by atoms with Crippen molar-refractivity contribution in [3.63, 3.8) is 0 Å². The minimum absolute atomic E-state index is 0.0444. The van der Waals surface area contributed by atoms with Gasteiger partial charge in [-0.25, -0.2) is 4.39 Å². The number of hydrogen-bond donors (Lipinski definition) is 3. The Labute approximate surface area is 133 Å². The first-order valence-electron chi connectivity index (χ1n) is 7.44. The van der Waals surface area contributed by atoms with Gasteiger partial charge in [0.15, 0.2) is 17.0 Å². The third kappa shape index (κ3) is 1.81. The van der Waals surface area contributed by atoms with Gasteiger partial charge in [-0.1, -0.05) is 0 Å². The van der Waals surface area contributed by atoms with Gasteiger partial charge in [-0.05, 0) is 13.0 Å². The van der Waals surface area contributed by atoms with Crippen molar-refractivity contribution in [1.82, 2.24) is 9.72 Å². The van der Waals surface area contributed by atoms with Crippen LogP contribution >= 0.6 is 0 Å². The Kier molecular flexibility index (Phi) is 3.14. The van der Waals surface area contributed by atoms with Crippen molar-refractivity contribution in [3.05, 3.63) is 32.5 Å². The average molecular weight is 335 g/mol. The van der Waals surface area contributed by atoms with E-state index in [1.807, 2.05) is 6.92 Å². The Morgan fingerprint density at radius 2 is 2.29 bits per heavy atom. The fourth-order valence-electron chi connectivity index (χ4n) is 3.11. The largest absolute Gasteiger partial charge is 0.487 e. The maximum Gasteiger partial charge on any atom is 0.293 e. The van der Waals surface area contributed by atoms with E-state index >= 15 is 0 Å². The molecule has 0 saturated carbocycles. The van der Waals surface area contributed by atoms with Gasteiger partial charge in [0.2, 0.25) is 11.1 Å². The van der Waals surface area contributed by atoms with Gasteiger partial charge in [-0.2, -0.15) is 5.16 Å². The van der Waals surface area contributed by atoms with E-state index in [2.05, 4.69) is 10.5 Å². The summed E-state index contributed by atoms with van der Waals surface area (Å²) in [6, 6.07) is 0.850. The van der Waals surface area contributed by atoms with Crippen LogP contribution in [0.3, 0.4) is 0 Å². The van der Waals surface area contributed by atoms with Crippen molar-refractivity contribution < 1.29 is 18.8 Å². The van der Waals surface area contributed by atoms with E-state index in [0.29, 0.717) is 5.52 Å². The normalized spacial score (nSPS) is 16.5. The molecule has 8 nitrogen and oxygen atoms in total. The molecule has 3 N–H and O–H groups in total. The predicted octanol–water partition coefficient (Wildman–Crippen LogP) is 0.933. The molecule has 24 heavy (non-hydrogen) atoms. The molecule has 3 heterocycles. The van der Waals surface area contributed by atoms with E-state index in [1.54, 1.807) is 4.57 Å². The van der Waals surface area contributed by atoms with Crippen LogP contribution in [0.25, 0.3) is 22.0 Å². The number of ether oxygens (including phenoxy) is 1. The Morgan fingerprint density at radius 1 is 1.50 bits per heavy atom. The molecule has 0 bridgehead atoms. The number of halogens is 1. The summed E-state index contributed by atoms with van der Waals surface area (Å²) in [5.41, 5.74) is -0.736. The molecular weight excluding hydrogens is 321 g/mol. The Morgan fingerprint density at radius 3 is 3.04 bits per heavy atom. The number of H-pyrrole nitrogens is 1. The lowest BCUT2D eigenvalue weighted by atomic mass is 10.1. The minimum Gasteiger partial charge on any atom is -0.487 e. The first-order valence-corrected chi connectivity index (χ1v) is 7.44. The second kappa shape index (κ2) is 5.10. The first kappa shape index (κ1) is 14.8. The first-order chi connectivity index (χ1) is 11.5. The topological polar surface area (TPSA) is 109 Å². The number of anilines is 1. The molecule has 1 aromatic carbocycles. The second-order valence-corrected chi connectivity index (χ2v) is 5.68. The van der Waals surface area contributed by atoms with Crippen LogP contribution in [-0.4, -0.2) is 34.6 Å². The Balaban J connectivity index is 2.22. The highest BCUT2D eigenvalue weighted by Gasteiger charge is 2.29. The lowest BCUT2D eigenvalue weighted by Crippen LogP contribution is -2.26. The van der Waals surface area contributed by atoms with E-state index in [9.17, 15) is 14.0 Å². The minimum atomic E-state index is -0.691. The van der Waals surface area contributed by atoms with E-state index in [0.717, 1.165) is 6.07 Å². The van der Waals surface area contributed by atoms with Crippen LogP contribution in [0.15, 0.2) is 20.2 Å². The lowest BCUT2D eigenvalue weighted by Gasteiger charge is -2.28. The molecule has 1 aliphatic rings. The molecule has 1 aliphatic heterocycles. The summed E-state index contributed by atoms with van der Waals surface area (Å²) in [5.74, 6) is -0.525. The van der Waals surface area contributed by atoms with Crippen LogP contribution in [-0.2, 0) is 0 Å². The van der Waals surface area contributed by atoms with Crippen molar-refractivity contribution in [2.24, 2.45) is 0 Å². The zero-order chi connectivity index (χ0) is 17.0. The summed E-state index contributed by atoms with van der Waals surface area (Å²) >= 11 is 0. The summed E-state index contributed by atoms with van der Waals surface area (Å²) in [6.07, 6.45) is 0. The van der Waals surface area contributed by atoms with E-state index in [4.69, 9.17) is 14.4 Å². The van der Waals surface area contributed by atoms with Crippen LogP contribution in [0.2, 0.25) is 0 Å². The summed E-state index contributed by atoms with van der Waals surface area (Å²) < 4.78 is 27.0. The van der Waals surface area contributed by atoms with Crippen molar-refractivity contribution in [2.75, 3.05) is 25.1 Å². The third-order valence-corrected chi connectivity index (χ3v) is 4.14. The quantitative estimate of drug-likeness (QED) is 0.657. The van der Waals surface area contributed by atoms with Gasteiger partial charge in [0.05, 0.1) is 18.0 Å². The molecule has 0 amide bonds. The maximum atomic E-state index is 14.5. The molecule has 0 saturated heterocycles. The van der Waals surface area contributed by atoms with Crippen LogP contribution in [0.1, 0.15) is 13.0 Å². The number of nitrogens with zero attached hydrogens (tertiary/aromatic N) is 1. The van der Waals surface area contributed by atoms with E-state index in [-0.39, 0.29) is 53.7 Å². The fraction of sp³-hybridized carbons (Fsp3) is 0.333. The number of aromatic nitrogens is 2. The molecular formula is C15H14FN3O5. The van der Waals surface area contributed by atoms with Gasteiger partial charge >= 0.3 is 0 Å². The molecule has 2 aromatic heterocycles. The monoisotopic (exact) mass is 335 g/mol. The van der Waals surface area contributed by atoms with Gasteiger partial charge in [-0.3, -0.25) is 14.2 Å². The molecule has 0 radical (unpaired) electrons. The van der Waals surface area contributed by atoms with Gasteiger partial charge in [0.1, 0.15) is 17.8 Å². The summed E-state index contributed by atoms with van der Waals surface area (Å²) in [7, 11) is 0. The highest BCUT2D eigenvalue weighted by molar-refractivity contribution is 5.98. The predicted molar refractivity (Wildman–Crippen MR) is 84.3 cm³/mol. The number of rotatable bonds is 3. The van der Waals surface area contributed by atoms with Crippen molar-refractivity contribution in [1.29, 1.82) is 0 Å². The fourth-order valence-corrected chi connectivity index (χ4v) is 3.11. The number of hydrogen-bond acceptors (Lipinski definition) is 6. The zero-order valence-corrected chi connectivity index (χ0v) is 12.7. The SMILES string of the molecule is CC1COc2c(NCCO)c(F)cc3c(=O)c4c(=O)[nH]oc4n1c23. The van der Waals surface area contributed by atoms with Crippen LogP contribution in [0, 0.1) is 5.82 Å². The average Bonchev–Trinajstić information content (AvgIpc) is 2.94. The summed E-state index contributed by atoms with van der Waals surface area (Å²) in [5, 5.41) is 13.8. The van der Waals surface area contributed by atoms with Gasteiger partial charge in [0.25, 0.3) is 5.56 Å². The number of aliphatic hydroxyl groups is 1. The molecule has 9 heteroatoms. The van der Waals surface area contributed by atoms with Crippen molar-refractivity contribution >= 4 is 27.7 Å². The Bertz CT molecular complexity index is 1080. The molecule has 1 atom stereocenters. The highest BCUT2D eigenvalue weighted by Crippen LogP contribution is 2.40. The zero-order valence-electron chi connectivity index (χ0n) is 12.7. The molecule has 0 spiro atoms. The lowest BCUT2D eigenvalue weighted by molar-refractivity contribution is 0.245. The van der Waals surface area contributed by atoms with E-state index < -0.39 is 16.8 Å². The molecule has 0 aliphatic carbocycles. The Hall–Kier alpha value is -2.81. The van der Waals surface area contributed by atoms with E-state index in [1.165, 1.54) is 0 Å². The van der Waals surface area contributed by atoms with Crippen molar-refractivity contribution in [3.8, 4) is 5.75 Å². The number of benzene rings is 1. The maximum absolute atomic E-state index is 14.5. The second-order valence-electron chi connectivity index (χ2n) is 5.68. The molecule has 4 rings (SSSR count). The van der Waals surface area contributed by atoms with Gasteiger partial charge in [0, 0.05) is 6.54 Å². The van der Waals surface area contributed by atoms with Gasteiger partial charge < -0.3 is 19.7 Å². The standard InChI is InChI=1S/C15H14FN3O5/c1-6-5-23-13-10(17-2-3-20)8(16)4-7-11(13)19(6)15-9(12(7)21)14(22)18-24-15/h4,6,17,20H,2-3,5H2,1H3,(H,18,22). The number of aromatic amines is 1. The molecule has 3 aromatic rings. The highest BCUT2D eigenvalue weighted by atomic mass is 19.1. The smallest absolute Gasteiger partial charge is 0.293 e. The summed E-state index contributed by atoms with van der Waals surface area (Å²) in [6.45, 7) is 1.99. The van der Waals surface area contributed by atoms with Crippen LogP contribution in [0.5, 0.6) is 5.75 Å². The third-order valence-electron chi connectivity index (χ3n) is 4.14. The van der Waals surface area contributed by atoms with Crippen LogP contribution < -0.4 is 21.0 Å². The van der Waals surface area contributed by atoms with Crippen molar-refractivity contribution in [2.45, 2.75) is 13.0 Å². The summed E-state index contributed by atoms with van der Waals surface area (Å²) in [4.78, 5) is 24.5. The van der Waals surface area contributed by atoms with Crippen LogP contribution in [0.4, 0.5) is 10.1 Å². The number of pyridine rings is 1.